The number of carbonyl (C=O) groups is 1. The number of ether oxygens (including phenoxy) is 1. The Bertz CT molecular complexity index is 838. The van der Waals surface area contributed by atoms with Gasteiger partial charge in [0.15, 0.2) is 0 Å². The van der Waals surface area contributed by atoms with Crippen LogP contribution in [0, 0.1) is 0 Å². The van der Waals surface area contributed by atoms with E-state index in [4.69, 9.17) is 9.88 Å². The molecule has 0 aliphatic rings. The van der Waals surface area contributed by atoms with E-state index in [-0.39, 0.29) is 16.8 Å². The molecule has 2 rings (SSSR count). The normalized spacial score (nSPS) is 12.5. The Balaban J connectivity index is 1.68. The number of carbonyl (C=O) groups excluding carboxylic acids is 1. The van der Waals surface area contributed by atoms with Gasteiger partial charge in [0.1, 0.15) is 0 Å². The molecular weight excluding hydrogens is 364 g/mol. The summed E-state index contributed by atoms with van der Waals surface area (Å²) in [6.45, 7) is 2.95. The molecule has 146 valence electrons. The van der Waals surface area contributed by atoms with E-state index in [1.165, 1.54) is 17.7 Å². The summed E-state index contributed by atoms with van der Waals surface area (Å²) in [6.07, 6.45) is 1.83. The number of hydrogen-bond acceptors (Lipinski definition) is 4. The minimum absolute atomic E-state index is 0.0351. The molecule has 1 atom stereocenters. The van der Waals surface area contributed by atoms with Crippen LogP contribution < -0.4 is 10.5 Å². The maximum absolute atomic E-state index is 12.1. The Morgan fingerprint density at radius 1 is 1.11 bits per heavy atom. The monoisotopic (exact) mass is 390 g/mol. The molecular formula is C20H26N2O4S. The maximum Gasteiger partial charge on any atom is 0.238 e. The molecule has 6 nitrogen and oxygen atoms in total. The van der Waals surface area contributed by atoms with Gasteiger partial charge in [0.2, 0.25) is 15.9 Å². The highest BCUT2D eigenvalue weighted by atomic mass is 32.2. The van der Waals surface area contributed by atoms with Crippen LogP contribution in [-0.4, -0.2) is 27.5 Å². The van der Waals surface area contributed by atoms with Gasteiger partial charge in [0, 0.05) is 13.0 Å². The Labute approximate surface area is 160 Å². The van der Waals surface area contributed by atoms with Crippen molar-refractivity contribution >= 4 is 15.9 Å². The zero-order chi connectivity index (χ0) is 19.7. The van der Waals surface area contributed by atoms with E-state index in [1.807, 2.05) is 18.2 Å². The molecule has 3 N–H and O–H groups in total. The lowest BCUT2D eigenvalue weighted by atomic mass is 10.1. The standard InChI is InChI=1S/C20H26N2O4S/c1-16(18-9-5-10-19(15-18)27(21,24)25)22-20(23)11-6-13-26-14-12-17-7-3-2-4-8-17/h2-5,7-10,15-16H,6,11-14H2,1H3,(H,22,23)(H2,21,24,25). The molecule has 0 fully saturated rings. The van der Waals surface area contributed by atoms with Gasteiger partial charge in [-0.15, -0.1) is 0 Å². The van der Waals surface area contributed by atoms with Crippen molar-refractivity contribution in [3.63, 3.8) is 0 Å². The lowest BCUT2D eigenvalue weighted by molar-refractivity contribution is -0.122. The second-order valence-electron chi connectivity index (χ2n) is 6.36. The molecule has 0 saturated carbocycles. The van der Waals surface area contributed by atoms with Crippen molar-refractivity contribution in [3.05, 3.63) is 65.7 Å². The molecule has 0 aliphatic heterocycles. The van der Waals surface area contributed by atoms with E-state index in [0.717, 1.165) is 6.42 Å². The third-order valence-electron chi connectivity index (χ3n) is 4.13. The highest BCUT2D eigenvalue weighted by Gasteiger charge is 2.13. The minimum Gasteiger partial charge on any atom is -0.381 e. The average molecular weight is 391 g/mol. The fraction of sp³-hybridized carbons (Fsp3) is 0.350. The summed E-state index contributed by atoms with van der Waals surface area (Å²) >= 11 is 0. The van der Waals surface area contributed by atoms with E-state index in [2.05, 4.69) is 17.4 Å². The summed E-state index contributed by atoms with van der Waals surface area (Å²) in [5.41, 5.74) is 1.92. The number of sulfonamides is 1. The topological polar surface area (TPSA) is 98.5 Å². The van der Waals surface area contributed by atoms with Crippen molar-refractivity contribution in [1.82, 2.24) is 5.32 Å². The smallest absolute Gasteiger partial charge is 0.238 e. The summed E-state index contributed by atoms with van der Waals surface area (Å²) < 4.78 is 28.4. The number of amides is 1. The molecule has 0 bridgehead atoms. The molecule has 0 aromatic heterocycles. The number of nitrogens with two attached hydrogens (primary N) is 1. The Hall–Kier alpha value is -2.22. The summed E-state index contributed by atoms with van der Waals surface area (Å²) in [5, 5.41) is 8.00. The van der Waals surface area contributed by atoms with Gasteiger partial charge in [-0.2, -0.15) is 0 Å². The fourth-order valence-corrected chi connectivity index (χ4v) is 3.20. The van der Waals surface area contributed by atoms with Gasteiger partial charge in [0.05, 0.1) is 17.5 Å². The third kappa shape index (κ3) is 7.50. The average Bonchev–Trinajstić information content (AvgIpc) is 2.65. The fourth-order valence-electron chi connectivity index (χ4n) is 2.63. The quantitative estimate of drug-likeness (QED) is 0.609. The molecule has 0 aliphatic carbocycles. The molecule has 1 amide bonds. The number of rotatable bonds is 10. The Morgan fingerprint density at radius 3 is 2.56 bits per heavy atom. The first-order valence-corrected chi connectivity index (χ1v) is 10.4. The first-order chi connectivity index (χ1) is 12.9. The van der Waals surface area contributed by atoms with E-state index in [9.17, 15) is 13.2 Å². The van der Waals surface area contributed by atoms with Crippen LogP contribution in [0.1, 0.15) is 36.9 Å². The van der Waals surface area contributed by atoms with Gasteiger partial charge < -0.3 is 10.1 Å². The lowest BCUT2D eigenvalue weighted by Gasteiger charge is -2.15. The van der Waals surface area contributed by atoms with Gasteiger partial charge in [-0.3, -0.25) is 4.79 Å². The van der Waals surface area contributed by atoms with Crippen LogP contribution in [0.5, 0.6) is 0 Å². The molecule has 2 aromatic rings. The van der Waals surface area contributed by atoms with Gasteiger partial charge in [-0.25, -0.2) is 13.6 Å². The van der Waals surface area contributed by atoms with Gasteiger partial charge in [-0.05, 0) is 43.0 Å². The van der Waals surface area contributed by atoms with E-state index in [0.29, 0.717) is 31.6 Å². The molecule has 1 unspecified atom stereocenters. The van der Waals surface area contributed by atoms with Gasteiger partial charge in [-0.1, -0.05) is 42.5 Å². The molecule has 2 aromatic carbocycles. The molecule has 7 heteroatoms. The summed E-state index contributed by atoms with van der Waals surface area (Å²) in [7, 11) is -3.76. The summed E-state index contributed by atoms with van der Waals surface area (Å²) in [4.78, 5) is 12.1. The molecule has 0 heterocycles. The highest BCUT2D eigenvalue weighted by Crippen LogP contribution is 2.16. The third-order valence-corrected chi connectivity index (χ3v) is 5.05. The molecule has 0 radical (unpaired) electrons. The lowest BCUT2D eigenvalue weighted by Crippen LogP contribution is -2.27. The van der Waals surface area contributed by atoms with Crippen molar-refractivity contribution in [2.24, 2.45) is 5.14 Å². The van der Waals surface area contributed by atoms with Crippen LogP contribution in [0.2, 0.25) is 0 Å². The van der Waals surface area contributed by atoms with Gasteiger partial charge in [0.25, 0.3) is 0 Å². The number of benzene rings is 2. The van der Waals surface area contributed by atoms with Crippen LogP contribution in [0.15, 0.2) is 59.5 Å². The predicted molar refractivity (Wildman–Crippen MR) is 105 cm³/mol. The Morgan fingerprint density at radius 2 is 1.85 bits per heavy atom. The SMILES string of the molecule is CC(NC(=O)CCCOCCc1ccccc1)c1cccc(S(N)(=O)=O)c1. The first kappa shape index (κ1) is 21.1. The molecule has 27 heavy (non-hydrogen) atoms. The molecule has 0 spiro atoms. The highest BCUT2D eigenvalue weighted by molar-refractivity contribution is 7.89. The number of nitrogens with one attached hydrogen (secondary N) is 1. The molecule has 0 saturated heterocycles. The zero-order valence-electron chi connectivity index (χ0n) is 15.4. The van der Waals surface area contributed by atoms with E-state index < -0.39 is 10.0 Å². The van der Waals surface area contributed by atoms with Crippen molar-refractivity contribution in [3.8, 4) is 0 Å². The van der Waals surface area contributed by atoms with Crippen LogP contribution >= 0.6 is 0 Å². The van der Waals surface area contributed by atoms with Crippen molar-refractivity contribution in [1.29, 1.82) is 0 Å². The van der Waals surface area contributed by atoms with Crippen molar-refractivity contribution in [2.45, 2.75) is 37.1 Å². The summed E-state index contributed by atoms with van der Waals surface area (Å²) in [5.74, 6) is -0.102. The second-order valence-corrected chi connectivity index (χ2v) is 7.92. The van der Waals surface area contributed by atoms with E-state index in [1.54, 1.807) is 19.1 Å². The maximum atomic E-state index is 12.1. The van der Waals surface area contributed by atoms with Crippen LogP contribution in [0.25, 0.3) is 0 Å². The van der Waals surface area contributed by atoms with Crippen LogP contribution in [0.4, 0.5) is 0 Å². The largest absolute Gasteiger partial charge is 0.381 e. The first-order valence-electron chi connectivity index (χ1n) is 8.90. The van der Waals surface area contributed by atoms with E-state index >= 15 is 0 Å². The van der Waals surface area contributed by atoms with Crippen molar-refractivity contribution < 1.29 is 17.9 Å². The minimum atomic E-state index is -3.76. The van der Waals surface area contributed by atoms with Crippen LogP contribution in [-0.2, 0) is 26.0 Å². The summed E-state index contributed by atoms with van der Waals surface area (Å²) in [6, 6.07) is 16.1. The van der Waals surface area contributed by atoms with Crippen molar-refractivity contribution in [2.75, 3.05) is 13.2 Å². The van der Waals surface area contributed by atoms with Crippen LogP contribution in [0.3, 0.4) is 0 Å². The predicted octanol–water partition coefficient (Wildman–Crippen LogP) is 2.55. The second kappa shape index (κ2) is 10.2. The number of hydrogen-bond donors (Lipinski definition) is 2. The zero-order valence-corrected chi connectivity index (χ0v) is 16.2. The van der Waals surface area contributed by atoms with Gasteiger partial charge >= 0.3 is 0 Å². The Kier molecular flexibility index (Phi) is 7.97. The number of primary sulfonamides is 1.